The van der Waals surface area contributed by atoms with Crippen LogP contribution < -0.4 is 66.7 Å². The number of para-hydroxylation sites is 1. The third-order valence-corrected chi connectivity index (χ3v) is 5.65. The maximum atomic E-state index is 12.6. The zero-order chi connectivity index (χ0) is 26.9. The summed E-state index contributed by atoms with van der Waals surface area (Å²) >= 11 is 10.4. The predicted molar refractivity (Wildman–Crippen MR) is 140 cm³/mol. The number of rotatable bonds is 11. The molecule has 14 heteroatoms. The molecule has 11 nitrogen and oxygen atoms in total. The number of H-pyrrole nitrogens is 2. The number of hydrogen-bond donors (Lipinski definition) is 4. The Morgan fingerprint density at radius 2 is 1.74 bits per heavy atom. The molecule has 194 valence electrons. The maximum absolute atomic E-state index is 12.6. The monoisotopic (exact) mass is 581 g/mol. The summed E-state index contributed by atoms with van der Waals surface area (Å²) in [5.41, 5.74) is 1.74. The van der Waals surface area contributed by atoms with Crippen molar-refractivity contribution in [3.63, 3.8) is 0 Å². The molecule has 0 aliphatic heterocycles. The number of nitrogens with one attached hydrogen (secondary N) is 3. The van der Waals surface area contributed by atoms with Gasteiger partial charge in [0.2, 0.25) is 5.91 Å². The summed E-state index contributed by atoms with van der Waals surface area (Å²) in [7, 11) is 0. The average molecular weight is 582 g/mol. The van der Waals surface area contributed by atoms with Crippen molar-refractivity contribution >= 4 is 59.4 Å². The number of ether oxygens (including phenoxy) is 1. The van der Waals surface area contributed by atoms with Gasteiger partial charge in [-0.15, -0.1) is 0 Å². The Bertz CT molecular complexity index is 1400. The third-order valence-electron chi connectivity index (χ3n) is 5.08. The molecular weight excluding hydrogens is 558 g/mol. The van der Waals surface area contributed by atoms with E-state index in [2.05, 4.69) is 15.5 Å². The SMILES string of the molecule is CCOC(=O)/C=C(\O)c1ccccc1N(CCC(=O)Nc1ccc(-n2c(=S)[nH][nH]c2=S)cc1)CC(=O)[O-].[K+]. The van der Waals surface area contributed by atoms with Crippen molar-refractivity contribution in [3.8, 4) is 5.69 Å². The molecule has 1 heterocycles. The molecule has 0 aliphatic rings. The van der Waals surface area contributed by atoms with Gasteiger partial charge in [0.05, 0.1) is 30.9 Å². The minimum absolute atomic E-state index is 0. The van der Waals surface area contributed by atoms with E-state index < -0.39 is 24.2 Å². The van der Waals surface area contributed by atoms with Crippen molar-refractivity contribution in [1.29, 1.82) is 0 Å². The van der Waals surface area contributed by atoms with E-state index in [1.807, 2.05) is 0 Å². The summed E-state index contributed by atoms with van der Waals surface area (Å²) < 4.78 is 7.24. The first-order chi connectivity index (χ1) is 17.7. The van der Waals surface area contributed by atoms with Crippen LogP contribution in [0.15, 0.2) is 54.6 Å². The predicted octanol–water partition coefficient (Wildman–Crippen LogP) is -0.356. The standard InChI is InChI=1S/C24H25N5O6S2.K/c1-2-35-22(34)13-19(30)17-5-3-4-6-18(17)28(14-21(32)33)12-11-20(31)25-15-7-9-16(10-8-15)29-23(36)26-27-24(29)37;/h3-10,13,30H,2,11-12,14H2,1H3,(H,25,31)(H,26,36)(H,27,37)(H,32,33);/q;+1/p-1/b19-13-;. The molecule has 0 saturated heterocycles. The van der Waals surface area contributed by atoms with Gasteiger partial charge in [-0.2, -0.15) is 0 Å². The topological polar surface area (TPSA) is 156 Å². The fraction of sp³-hybridized carbons (Fsp3) is 0.208. The number of benzene rings is 2. The molecule has 0 radical (unpaired) electrons. The van der Waals surface area contributed by atoms with Crippen LogP contribution >= 0.6 is 24.4 Å². The number of carbonyl (C=O) groups excluding carboxylic acids is 3. The molecule has 0 atom stereocenters. The zero-order valence-electron chi connectivity index (χ0n) is 20.7. The molecule has 0 saturated carbocycles. The first-order valence-corrected chi connectivity index (χ1v) is 11.9. The van der Waals surface area contributed by atoms with E-state index in [4.69, 9.17) is 29.2 Å². The van der Waals surface area contributed by atoms with Crippen molar-refractivity contribution < 1.29 is 80.7 Å². The van der Waals surface area contributed by atoms with Crippen molar-refractivity contribution in [2.45, 2.75) is 13.3 Å². The number of aliphatic hydroxyl groups excluding tert-OH is 1. The number of aliphatic hydroxyl groups is 1. The molecule has 1 amide bonds. The van der Waals surface area contributed by atoms with Crippen molar-refractivity contribution in [1.82, 2.24) is 14.8 Å². The van der Waals surface area contributed by atoms with Gasteiger partial charge in [0, 0.05) is 29.9 Å². The molecule has 2 aromatic carbocycles. The van der Waals surface area contributed by atoms with Crippen LogP contribution in [0.1, 0.15) is 18.9 Å². The Morgan fingerprint density at radius 3 is 2.34 bits per heavy atom. The van der Waals surface area contributed by atoms with E-state index in [-0.39, 0.29) is 82.4 Å². The Hall–Kier alpha value is -2.59. The van der Waals surface area contributed by atoms with E-state index in [0.717, 1.165) is 6.08 Å². The Morgan fingerprint density at radius 1 is 1.11 bits per heavy atom. The van der Waals surface area contributed by atoms with Crippen molar-refractivity contribution in [2.75, 3.05) is 29.9 Å². The largest absolute Gasteiger partial charge is 1.00 e. The molecule has 38 heavy (non-hydrogen) atoms. The molecule has 0 aliphatic carbocycles. The van der Waals surface area contributed by atoms with Crippen LogP contribution in [0.5, 0.6) is 0 Å². The van der Waals surface area contributed by atoms with Gasteiger partial charge in [0.15, 0.2) is 9.54 Å². The number of carboxylic acid groups (broad SMARTS) is 1. The third kappa shape index (κ3) is 8.73. The molecule has 0 fully saturated rings. The number of aromatic amines is 2. The molecule has 0 bridgehead atoms. The fourth-order valence-corrected chi connectivity index (χ4v) is 4.03. The van der Waals surface area contributed by atoms with Gasteiger partial charge < -0.3 is 30.0 Å². The molecule has 0 unspecified atom stereocenters. The minimum atomic E-state index is -1.37. The van der Waals surface area contributed by atoms with Gasteiger partial charge in [-0.25, -0.2) is 4.79 Å². The first kappa shape index (κ1) is 31.6. The second-order valence-electron chi connectivity index (χ2n) is 7.63. The van der Waals surface area contributed by atoms with Gasteiger partial charge in [-0.05, 0) is 67.8 Å². The van der Waals surface area contributed by atoms with Crippen LogP contribution in [0.25, 0.3) is 11.4 Å². The van der Waals surface area contributed by atoms with Crippen LogP contribution in [0.4, 0.5) is 11.4 Å². The van der Waals surface area contributed by atoms with Crippen LogP contribution in [0.2, 0.25) is 0 Å². The Labute approximate surface area is 270 Å². The minimum Gasteiger partial charge on any atom is -0.548 e. The number of hydrogen-bond acceptors (Lipinski definition) is 9. The summed E-state index contributed by atoms with van der Waals surface area (Å²) in [6, 6.07) is 13.2. The molecule has 3 rings (SSSR count). The second-order valence-corrected chi connectivity index (χ2v) is 8.41. The molecular formula is C24H24KN5O6S2. The Kier molecular flexibility index (Phi) is 12.6. The van der Waals surface area contributed by atoms with Crippen LogP contribution in [0, 0.1) is 9.54 Å². The van der Waals surface area contributed by atoms with Crippen LogP contribution in [-0.2, 0) is 19.1 Å². The van der Waals surface area contributed by atoms with E-state index >= 15 is 0 Å². The average Bonchev–Trinajstić information content (AvgIpc) is 3.20. The van der Waals surface area contributed by atoms with Crippen LogP contribution in [0.3, 0.4) is 0 Å². The smallest absolute Gasteiger partial charge is 0.548 e. The normalized spacial score (nSPS) is 10.8. The van der Waals surface area contributed by atoms with Crippen molar-refractivity contribution in [2.24, 2.45) is 0 Å². The summed E-state index contributed by atoms with van der Waals surface area (Å²) in [6.45, 7) is 1.22. The second kappa shape index (κ2) is 15.1. The quantitative estimate of drug-likeness (QED) is 0.0781. The van der Waals surface area contributed by atoms with Gasteiger partial charge >= 0.3 is 57.4 Å². The molecule has 1 aromatic heterocycles. The van der Waals surface area contributed by atoms with Crippen LogP contribution in [-0.4, -0.2) is 57.4 Å². The fourth-order valence-electron chi connectivity index (χ4n) is 3.48. The van der Waals surface area contributed by atoms with E-state index in [1.54, 1.807) is 54.0 Å². The number of aromatic nitrogens is 3. The van der Waals surface area contributed by atoms with E-state index in [9.17, 15) is 24.6 Å². The number of anilines is 2. The maximum Gasteiger partial charge on any atom is 1.00 e. The summed E-state index contributed by atoms with van der Waals surface area (Å²) in [5.74, 6) is -2.88. The summed E-state index contributed by atoms with van der Waals surface area (Å²) in [5, 5.41) is 30.1. The zero-order valence-corrected chi connectivity index (χ0v) is 25.5. The number of amides is 1. The van der Waals surface area contributed by atoms with Gasteiger partial charge in [0.25, 0.3) is 0 Å². The Balaban J connectivity index is 0.00000507. The van der Waals surface area contributed by atoms with E-state index in [1.165, 1.54) is 11.0 Å². The summed E-state index contributed by atoms with van der Waals surface area (Å²) in [6.07, 6.45) is 0.837. The number of carboxylic acids is 1. The van der Waals surface area contributed by atoms with Crippen molar-refractivity contribution in [3.05, 3.63) is 69.7 Å². The molecule has 4 N–H and O–H groups in total. The summed E-state index contributed by atoms with van der Waals surface area (Å²) in [4.78, 5) is 37.2. The van der Waals surface area contributed by atoms with Gasteiger partial charge in [-0.3, -0.25) is 19.6 Å². The van der Waals surface area contributed by atoms with E-state index in [0.29, 0.717) is 26.6 Å². The van der Waals surface area contributed by atoms with Gasteiger partial charge in [-0.1, -0.05) is 12.1 Å². The number of carbonyl (C=O) groups is 3. The number of esters is 1. The number of nitrogens with zero attached hydrogens (tertiary/aromatic N) is 2. The van der Waals surface area contributed by atoms with Gasteiger partial charge in [0.1, 0.15) is 5.76 Å². The number of aliphatic carboxylic acids is 1. The first-order valence-electron chi connectivity index (χ1n) is 11.1. The molecule has 3 aromatic rings. The molecule has 0 spiro atoms.